The zero-order valence-corrected chi connectivity index (χ0v) is 14.6. The number of halogens is 1. The zero-order chi connectivity index (χ0) is 15.5. The van der Waals surface area contributed by atoms with Crippen LogP contribution in [-0.2, 0) is 10.0 Å². The van der Waals surface area contributed by atoms with Crippen LogP contribution in [0.15, 0.2) is 44.4 Å². The summed E-state index contributed by atoms with van der Waals surface area (Å²) in [6.07, 6.45) is 0. The third-order valence-corrected chi connectivity index (χ3v) is 5.91. The minimum absolute atomic E-state index is 0.0403. The van der Waals surface area contributed by atoms with Crippen LogP contribution < -0.4 is 15.2 Å². The van der Waals surface area contributed by atoms with Gasteiger partial charge in [0.05, 0.1) is 9.47 Å². The van der Waals surface area contributed by atoms with Gasteiger partial charge in [0.15, 0.2) is 0 Å². The number of rotatable bonds is 6. The average Bonchev–Trinajstić information content (AvgIpc) is 2.85. The number of nitrogens with one attached hydrogen (secondary N) is 1. The maximum atomic E-state index is 12.3. The van der Waals surface area contributed by atoms with E-state index in [1.807, 2.05) is 0 Å². The molecule has 0 bridgehead atoms. The van der Waals surface area contributed by atoms with Crippen molar-refractivity contribution in [1.29, 1.82) is 0 Å². The largest absolute Gasteiger partial charge is 0.484 e. The molecule has 0 saturated heterocycles. The van der Waals surface area contributed by atoms with Gasteiger partial charge in [-0.1, -0.05) is 24.4 Å². The summed E-state index contributed by atoms with van der Waals surface area (Å²) < 4.78 is 33.4. The summed E-state index contributed by atoms with van der Waals surface area (Å²) in [7, 11) is -3.66. The number of thiocarbonyl (C=S) groups is 1. The van der Waals surface area contributed by atoms with E-state index in [1.54, 1.807) is 30.3 Å². The molecule has 2 aromatic rings. The molecule has 9 heteroatoms. The summed E-state index contributed by atoms with van der Waals surface area (Å²) in [6, 6.07) is 9.88. The minimum atomic E-state index is -3.66. The van der Waals surface area contributed by atoms with Gasteiger partial charge >= 0.3 is 0 Å². The molecule has 0 radical (unpaired) electrons. The van der Waals surface area contributed by atoms with E-state index in [-0.39, 0.29) is 15.8 Å². The second-order valence-corrected chi connectivity index (χ2v) is 8.81. The Morgan fingerprint density at radius 3 is 2.67 bits per heavy atom. The molecular weight excluding hydrogens is 396 g/mol. The molecule has 0 saturated carbocycles. The fraction of sp³-hybridized carbons (Fsp3) is 0.0833. The van der Waals surface area contributed by atoms with Gasteiger partial charge in [-0.3, -0.25) is 4.72 Å². The van der Waals surface area contributed by atoms with Gasteiger partial charge in [-0.2, -0.15) is 0 Å². The fourth-order valence-corrected chi connectivity index (χ4v) is 4.60. The molecule has 0 amide bonds. The van der Waals surface area contributed by atoms with E-state index in [2.05, 4.69) is 20.7 Å². The van der Waals surface area contributed by atoms with Gasteiger partial charge in [-0.25, -0.2) is 8.42 Å². The number of thiophene rings is 1. The summed E-state index contributed by atoms with van der Waals surface area (Å²) >= 11 is 9.10. The Morgan fingerprint density at radius 2 is 2.05 bits per heavy atom. The highest BCUT2D eigenvalue weighted by molar-refractivity contribution is 9.11. The monoisotopic (exact) mass is 406 g/mol. The van der Waals surface area contributed by atoms with Crippen LogP contribution in [0, 0.1) is 0 Å². The molecule has 1 aromatic carbocycles. The number of benzene rings is 1. The third-order valence-electron chi connectivity index (χ3n) is 2.31. The summed E-state index contributed by atoms with van der Waals surface area (Å²) in [4.78, 5) is 0.190. The molecule has 0 unspecified atom stereocenters. The van der Waals surface area contributed by atoms with Gasteiger partial charge in [0.2, 0.25) is 0 Å². The van der Waals surface area contributed by atoms with E-state index in [9.17, 15) is 8.42 Å². The van der Waals surface area contributed by atoms with Gasteiger partial charge in [-0.15, -0.1) is 11.3 Å². The minimum Gasteiger partial charge on any atom is -0.484 e. The Balaban J connectivity index is 2.25. The Morgan fingerprint density at radius 1 is 1.33 bits per heavy atom. The standard InChI is InChI=1S/C12H11BrN2O3S3/c13-10-5-6-12(20-10)21(16,17)15-8-3-1-2-4-9(8)18-7-11(14)19/h1-6,15H,7H2,(H2,14,19). The number of anilines is 1. The van der Waals surface area contributed by atoms with Gasteiger partial charge in [0.25, 0.3) is 10.0 Å². The molecule has 0 aliphatic carbocycles. The molecule has 0 aliphatic heterocycles. The van der Waals surface area contributed by atoms with Crippen LogP contribution in [0.4, 0.5) is 5.69 Å². The van der Waals surface area contributed by atoms with E-state index >= 15 is 0 Å². The molecule has 112 valence electrons. The third kappa shape index (κ3) is 4.40. The maximum absolute atomic E-state index is 12.3. The Kier molecular flexibility index (Phi) is 5.20. The number of nitrogens with two attached hydrogens (primary N) is 1. The molecular formula is C12H11BrN2O3S3. The van der Waals surface area contributed by atoms with Crippen LogP contribution >= 0.6 is 39.5 Å². The maximum Gasteiger partial charge on any atom is 0.271 e. The number of hydrogen-bond acceptors (Lipinski definition) is 5. The normalized spacial score (nSPS) is 11.1. The van der Waals surface area contributed by atoms with Crippen LogP contribution in [0.5, 0.6) is 5.75 Å². The quantitative estimate of drug-likeness (QED) is 0.720. The molecule has 1 aromatic heterocycles. The first kappa shape index (κ1) is 16.2. The second kappa shape index (κ2) is 6.73. The molecule has 0 spiro atoms. The lowest BCUT2D eigenvalue weighted by Gasteiger charge is -2.12. The molecule has 5 nitrogen and oxygen atoms in total. The van der Waals surface area contributed by atoms with Crippen molar-refractivity contribution in [1.82, 2.24) is 0 Å². The highest BCUT2D eigenvalue weighted by Gasteiger charge is 2.18. The molecule has 2 rings (SSSR count). The smallest absolute Gasteiger partial charge is 0.271 e. The number of para-hydroxylation sites is 2. The van der Waals surface area contributed by atoms with Crippen molar-refractivity contribution in [3.8, 4) is 5.75 Å². The average molecular weight is 407 g/mol. The van der Waals surface area contributed by atoms with E-state index in [1.165, 1.54) is 6.07 Å². The lowest BCUT2D eigenvalue weighted by atomic mass is 10.3. The molecule has 0 aliphatic rings. The van der Waals surface area contributed by atoms with Crippen molar-refractivity contribution in [2.24, 2.45) is 5.73 Å². The molecule has 1 heterocycles. The summed E-state index contributed by atoms with van der Waals surface area (Å²) in [5, 5.41) is 0. The van der Waals surface area contributed by atoms with Crippen molar-refractivity contribution < 1.29 is 13.2 Å². The van der Waals surface area contributed by atoms with E-state index in [4.69, 9.17) is 22.7 Å². The Labute approximate surface area is 140 Å². The lowest BCUT2D eigenvalue weighted by molar-refractivity contribution is 0.379. The van der Waals surface area contributed by atoms with Gasteiger partial charge in [0, 0.05) is 0 Å². The predicted octanol–water partition coefficient (Wildman–Crippen LogP) is 2.98. The molecule has 21 heavy (non-hydrogen) atoms. The molecule has 0 fully saturated rings. The van der Waals surface area contributed by atoms with Gasteiger partial charge < -0.3 is 10.5 Å². The van der Waals surface area contributed by atoms with Crippen LogP contribution in [0.25, 0.3) is 0 Å². The summed E-state index contributed by atoms with van der Waals surface area (Å²) in [6.45, 7) is 0.0403. The van der Waals surface area contributed by atoms with Crippen LogP contribution in [0.3, 0.4) is 0 Å². The first-order valence-corrected chi connectivity index (χ1v) is 9.17. The number of hydrogen-bond donors (Lipinski definition) is 2. The predicted molar refractivity (Wildman–Crippen MR) is 91.5 cm³/mol. The highest BCUT2D eigenvalue weighted by atomic mass is 79.9. The number of sulfonamides is 1. The summed E-state index contributed by atoms with van der Waals surface area (Å²) in [5.41, 5.74) is 5.71. The first-order valence-electron chi connectivity index (χ1n) is 5.67. The fourth-order valence-electron chi connectivity index (χ4n) is 1.46. The zero-order valence-electron chi connectivity index (χ0n) is 10.6. The SMILES string of the molecule is NC(=S)COc1ccccc1NS(=O)(=O)c1ccc(Br)s1. The van der Waals surface area contributed by atoms with Gasteiger partial charge in [0.1, 0.15) is 21.6 Å². The van der Waals surface area contributed by atoms with Crippen molar-refractivity contribution in [3.05, 3.63) is 40.2 Å². The van der Waals surface area contributed by atoms with Crippen molar-refractivity contribution in [2.45, 2.75) is 4.21 Å². The molecule has 0 atom stereocenters. The van der Waals surface area contributed by atoms with Crippen LogP contribution in [0.1, 0.15) is 0 Å². The van der Waals surface area contributed by atoms with E-state index in [0.717, 1.165) is 15.1 Å². The molecule has 3 N–H and O–H groups in total. The first-order chi connectivity index (χ1) is 9.88. The van der Waals surface area contributed by atoms with Crippen LogP contribution in [0.2, 0.25) is 0 Å². The number of ether oxygens (including phenoxy) is 1. The topological polar surface area (TPSA) is 81.4 Å². The van der Waals surface area contributed by atoms with E-state index in [0.29, 0.717) is 11.4 Å². The van der Waals surface area contributed by atoms with E-state index < -0.39 is 10.0 Å². The lowest BCUT2D eigenvalue weighted by Crippen LogP contribution is -2.19. The highest BCUT2D eigenvalue weighted by Crippen LogP contribution is 2.30. The van der Waals surface area contributed by atoms with Crippen molar-refractivity contribution in [2.75, 3.05) is 11.3 Å². The summed E-state index contributed by atoms with van der Waals surface area (Å²) in [5.74, 6) is 0.365. The Hall–Kier alpha value is -1.16. The van der Waals surface area contributed by atoms with Crippen molar-refractivity contribution in [3.63, 3.8) is 0 Å². The second-order valence-electron chi connectivity index (χ2n) is 3.92. The van der Waals surface area contributed by atoms with Gasteiger partial charge in [-0.05, 0) is 40.2 Å². The Bertz CT molecular complexity index is 759. The van der Waals surface area contributed by atoms with Crippen LogP contribution in [-0.4, -0.2) is 20.0 Å². The van der Waals surface area contributed by atoms with Crippen molar-refractivity contribution >= 4 is 60.2 Å².